The summed E-state index contributed by atoms with van der Waals surface area (Å²) in [4.78, 5) is 1.95. The number of ether oxygens (including phenoxy) is 1. The number of nitrogens with two attached hydrogens (primary N) is 1. The van der Waals surface area contributed by atoms with Gasteiger partial charge in [0.2, 0.25) is 0 Å². The molecule has 0 spiro atoms. The number of hydrogen-bond acceptors (Lipinski definition) is 6. The van der Waals surface area contributed by atoms with Crippen LogP contribution in [-0.2, 0) is 4.74 Å². The first-order chi connectivity index (χ1) is 7.11. The van der Waals surface area contributed by atoms with Gasteiger partial charge < -0.3 is 15.4 Å². The fourth-order valence-electron chi connectivity index (χ4n) is 1.19. The normalized spacial score (nSPS) is 12.1. The van der Waals surface area contributed by atoms with E-state index in [1.807, 2.05) is 18.9 Å². The SMILES string of the molecule is COCC(C)N(C)c1snc(N)c1C#N. The molecule has 0 fully saturated rings. The van der Waals surface area contributed by atoms with E-state index in [1.54, 1.807) is 7.11 Å². The average molecular weight is 226 g/mol. The maximum atomic E-state index is 8.93. The van der Waals surface area contributed by atoms with E-state index in [1.165, 1.54) is 11.5 Å². The van der Waals surface area contributed by atoms with Gasteiger partial charge in [0.05, 0.1) is 12.6 Å². The molecule has 0 aromatic carbocycles. The number of rotatable bonds is 4. The van der Waals surface area contributed by atoms with Crippen molar-refractivity contribution in [1.82, 2.24) is 4.37 Å². The van der Waals surface area contributed by atoms with E-state index in [9.17, 15) is 0 Å². The van der Waals surface area contributed by atoms with Gasteiger partial charge in [-0.2, -0.15) is 9.64 Å². The molecule has 1 unspecified atom stereocenters. The lowest BCUT2D eigenvalue weighted by Crippen LogP contribution is -2.32. The third-order valence-corrected chi connectivity index (χ3v) is 3.15. The maximum Gasteiger partial charge on any atom is 0.157 e. The fourth-order valence-corrected chi connectivity index (χ4v) is 2.02. The molecule has 0 aliphatic heterocycles. The summed E-state index contributed by atoms with van der Waals surface area (Å²) < 4.78 is 9.02. The Kier molecular flexibility index (Phi) is 3.88. The van der Waals surface area contributed by atoms with Crippen LogP contribution in [0, 0.1) is 11.3 Å². The Morgan fingerprint density at radius 1 is 1.73 bits per heavy atom. The highest BCUT2D eigenvalue weighted by Gasteiger charge is 2.18. The van der Waals surface area contributed by atoms with E-state index in [2.05, 4.69) is 10.4 Å². The van der Waals surface area contributed by atoms with Crippen LogP contribution in [0.15, 0.2) is 0 Å². The third-order valence-electron chi connectivity index (χ3n) is 2.20. The average Bonchev–Trinajstić information content (AvgIpc) is 2.58. The summed E-state index contributed by atoms with van der Waals surface area (Å²) >= 11 is 1.24. The molecule has 5 nitrogen and oxygen atoms in total. The van der Waals surface area contributed by atoms with E-state index in [-0.39, 0.29) is 6.04 Å². The summed E-state index contributed by atoms with van der Waals surface area (Å²) in [5.41, 5.74) is 6.03. The Morgan fingerprint density at radius 3 is 2.93 bits per heavy atom. The minimum Gasteiger partial charge on any atom is -0.383 e. The van der Waals surface area contributed by atoms with Crippen LogP contribution >= 0.6 is 11.5 Å². The monoisotopic (exact) mass is 226 g/mol. The van der Waals surface area contributed by atoms with Crippen molar-refractivity contribution >= 4 is 22.4 Å². The number of anilines is 2. The summed E-state index contributed by atoms with van der Waals surface area (Å²) in [7, 11) is 3.55. The van der Waals surface area contributed by atoms with Gasteiger partial charge in [-0.15, -0.1) is 0 Å². The zero-order valence-corrected chi connectivity index (χ0v) is 9.84. The van der Waals surface area contributed by atoms with Crippen molar-refractivity contribution in [2.75, 3.05) is 31.4 Å². The van der Waals surface area contributed by atoms with Gasteiger partial charge in [-0.05, 0) is 18.5 Å². The van der Waals surface area contributed by atoms with Crippen LogP contribution in [0.4, 0.5) is 10.8 Å². The van der Waals surface area contributed by atoms with Crippen molar-refractivity contribution in [2.24, 2.45) is 0 Å². The highest BCUT2D eigenvalue weighted by molar-refractivity contribution is 7.10. The summed E-state index contributed by atoms with van der Waals surface area (Å²) in [6.45, 7) is 2.61. The number of hydrogen-bond donors (Lipinski definition) is 1. The summed E-state index contributed by atoms with van der Waals surface area (Å²) in [5.74, 6) is 0.300. The highest BCUT2D eigenvalue weighted by Crippen LogP contribution is 2.29. The van der Waals surface area contributed by atoms with Crippen LogP contribution in [0.25, 0.3) is 0 Å². The quantitative estimate of drug-likeness (QED) is 0.831. The van der Waals surface area contributed by atoms with Crippen LogP contribution in [0.1, 0.15) is 12.5 Å². The number of aromatic nitrogens is 1. The molecule has 82 valence electrons. The topological polar surface area (TPSA) is 75.2 Å². The summed E-state index contributed by atoms with van der Waals surface area (Å²) in [6.07, 6.45) is 0. The van der Waals surface area contributed by atoms with Crippen LogP contribution in [0.2, 0.25) is 0 Å². The molecule has 0 aliphatic rings. The number of likely N-dealkylation sites (N-methyl/N-ethyl adjacent to an activating group) is 1. The summed E-state index contributed by atoms with van der Waals surface area (Å²) in [6, 6.07) is 2.24. The molecule has 0 bridgehead atoms. The standard InChI is InChI=1S/C9H14N4OS/c1-6(5-14-3)13(2)9-7(4-10)8(11)12-15-9/h6H,5H2,1-3H3,(H2,11,12). The first-order valence-electron chi connectivity index (χ1n) is 4.48. The molecule has 1 rings (SSSR count). The van der Waals surface area contributed by atoms with Gasteiger partial charge in [0, 0.05) is 14.2 Å². The van der Waals surface area contributed by atoms with Crippen LogP contribution < -0.4 is 10.6 Å². The zero-order chi connectivity index (χ0) is 11.4. The van der Waals surface area contributed by atoms with E-state index < -0.39 is 0 Å². The van der Waals surface area contributed by atoms with Crippen LogP contribution in [-0.4, -0.2) is 31.2 Å². The lowest BCUT2D eigenvalue weighted by atomic mass is 10.3. The van der Waals surface area contributed by atoms with Crippen LogP contribution in [0.5, 0.6) is 0 Å². The molecule has 1 atom stereocenters. The largest absolute Gasteiger partial charge is 0.383 e. The van der Waals surface area contributed by atoms with E-state index in [0.29, 0.717) is 18.0 Å². The number of methoxy groups -OCH3 is 1. The molecule has 6 heteroatoms. The predicted molar refractivity (Wildman–Crippen MR) is 61.0 cm³/mol. The molecular formula is C9H14N4OS. The van der Waals surface area contributed by atoms with Gasteiger partial charge in [0.15, 0.2) is 5.82 Å². The fraction of sp³-hybridized carbons (Fsp3) is 0.556. The van der Waals surface area contributed by atoms with Crippen LogP contribution in [0.3, 0.4) is 0 Å². The maximum absolute atomic E-state index is 8.93. The molecule has 1 aromatic rings. The summed E-state index contributed by atoms with van der Waals surface area (Å²) in [5, 5.41) is 9.72. The van der Waals surface area contributed by atoms with Gasteiger partial charge in [-0.3, -0.25) is 0 Å². The molecule has 0 saturated heterocycles. The first kappa shape index (κ1) is 11.8. The molecule has 0 aliphatic carbocycles. The van der Waals surface area contributed by atoms with Gasteiger partial charge in [0.25, 0.3) is 0 Å². The first-order valence-corrected chi connectivity index (χ1v) is 5.26. The Balaban J connectivity index is 2.91. The second-order valence-electron chi connectivity index (χ2n) is 3.28. The Labute approximate surface area is 93.2 Å². The van der Waals surface area contributed by atoms with Crippen molar-refractivity contribution < 1.29 is 4.74 Å². The molecule has 0 radical (unpaired) electrons. The second kappa shape index (κ2) is 4.96. The van der Waals surface area contributed by atoms with Crippen molar-refractivity contribution in [1.29, 1.82) is 5.26 Å². The van der Waals surface area contributed by atoms with E-state index >= 15 is 0 Å². The zero-order valence-electron chi connectivity index (χ0n) is 9.02. The smallest absolute Gasteiger partial charge is 0.157 e. The van der Waals surface area contributed by atoms with E-state index in [4.69, 9.17) is 15.7 Å². The molecule has 1 heterocycles. The van der Waals surface area contributed by atoms with E-state index in [0.717, 1.165) is 5.00 Å². The Hall–Kier alpha value is -1.32. The number of nitrogens with zero attached hydrogens (tertiary/aromatic N) is 3. The molecule has 2 N–H and O–H groups in total. The van der Waals surface area contributed by atoms with Gasteiger partial charge >= 0.3 is 0 Å². The van der Waals surface area contributed by atoms with Gasteiger partial charge in [-0.25, -0.2) is 0 Å². The highest BCUT2D eigenvalue weighted by atomic mass is 32.1. The van der Waals surface area contributed by atoms with Crippen molar-refractivity contribution in [3.05, 3.63) is 5.56 Å². The molecule has 15 heavy (non-hydrogen) atoms. The Bertz CT molecular complexity index is 371. The van der Waals surface area contributed by atoms with Crippen molar-refractivity contribution in [2.45, 2.75) is 13.0 Å². The third kappa shape index (κ3) is 2.37. The number of nitrogen functional groups attached to an aromatic ring is 1. The lowest BCUT2D eigenvalue weighted by Gasteiger charge is -2.24. The molecular weight excluding hydrogens is 212 g/mol. The van der Waals surface area contributed by atoms with Crippen molar-refractivity contribution in [3.63, 3.8) is 0 Å². The molecule has 1 aromatic heterocycles. The minimum absolute atomic E-state index is 0.182. The lowest BCUT2D eigenvalue weighted by molar-refractivity contribution is 0.183. The molecule has 0 amide bonds. The Morgan fingerprint density at radius 2 is 2.40 bits per heavy atom. The van der Waals surface area contributed by atoms with Gasteiger partial charge in [0.1, 0.15) is 16.6 Å². The van der Waals surface area contributed by atoms with Gasteiger partial charge in [-0.1, -0.05) is 0 Å². The second-order valence-corrected chi connectivity index (χ2v) is 4.03. The molecule has 0 saturated carbocycles. The predicted octanol–water partition coefficient (Wildman–Crippen LogP) is 1.07. The van der Waals surface area contributed by atoms with Crippen molar-refractivity contribution in [3.8, 4) is 6.07 Å². The minimum atomic E-state index is 0.182. The number of nitriles is 1.